The van der Waals surface area contributed by atoms with E-state index in [9.17, 15) is 0 Å². The van der Waals surface area contributed by atoms with Crippen LogP contribution in [-0.4, -0.2) is 0 Å². The molecule has 0 fully saturated rings. The van der Waals surface area contributed by atoms with E-state index in [1.807, 2.05) is 0 Å². The number of nitrogens with zero attached hydrogens (tertiary/aromatic N) is 2. The van der Waals surface area contributed by atoms with Gasteiger partial charge in [0, 0.05) is 0 Å². The maximum atomic E-state index is 7.62. The Bertz CT molecular complexity index is 73.9. The quantitative estimate of drug-likeness (QED) is 0.526. The van der Waals surface area contributed by atoms with Crippen molar-refractivity contribution in [2.24, 2.45) is 0 Å². The van der Waals surface area contributed by atoms with Crippen LogP contribution in [0.1, 0.15) is 0 Å². The fraction of sp³-hybridized carbons (Fsp3) is 0. The molecule has 0 heterocycles. The van der Waals surface area contributed by atoms with E-state index in [1.165, 1.54) is 0 Å². The average Bonchev–Trinajstić information content (AvgIpc) is 1.41. The first-order chi connectivity index (χ1) is 2.41. The molecular weight excluding hydrogens is 174 g/mol. The molecule has 0 spiro atoms. The molecule has 0 aliphatic carbocycles. The van der Waals surface area contributed by atoms with Gasteiger partial charge in [0.15, 0.2) is 0 Å². The van der Waals surface area contributed by atoms with Crippen molar-refractivity contribution in [2.45, 2.75) is 0 Å². The summed E-state index contributed by atoms with van der Waals surface area (Å²) in [5, 5.41) is 15.2. The number of hydrogen-bond donors (Lipinski definition) is 1. The Morgan fingerprint density at radius 3 is 1.50 bits per heavy atom. The van der Waals surface area contributed by atoms with E-state index in [4.69, 9.17) is 10.5 Å². The molecule has 0 atom stereocenters. The second-order valence-electron chi connectivity index (χ2n) is 0.220. The SMILES string of the molecule is N.N#[C][AgH][C]#N. The van der Waals surface area contributed by atoms with Gasteiger partial charge >= 0.3 is 38.9 Å². The predicted molar refractivity (Wildman–Crippen MR) is 17.6 cm³/mol. The molecule has 0 aromatic rings. The van der Waals surface area contributed by atoms with Crippen LogP contribution in [0.2, 0.25) is 0 Å². The summed E-state index contributed by atoms with van der Waals surface area (Å²) >= 11 is -0.344. The number of rotatable bonds is 0. The first kappa shape index (κ1) is 9.19. The molecule has 38 valence electrons. The second kappa shape index (κ2) is 8.82. The summed E-state index contributed by atoms with van der Waals surface area (Å²) in [6.07, 6.45) is 0. The Hall–Kier alpha value is -0.320. The second-order valence-corrected chi connectivity index (χ2v) is 1.30. The van der Waals surface area contributed by atoms with Crippen molar-refractivity contribution in [3.8, 4) is 8.57 Å². The molecule has 4 heteroatoms. The molecule has 0 amide bonds. The van der Waals surface area contributed by atoms with Crippen molar-refractivity contribution in [1.82, 2.24) is 6.15 Å². The van der Waals surface area contributed by atoms with Crippen molar-refractivity contribution < 1.29 is 19.8 Å². The van der Waals surface area contributed by atoms with Gasteiger partial charge in [0.05, 0.1) is 0 Å². The van der Waals surface area contributed by atoms with Crippen LogP contribution < -0.4 is 6.15 Å². The zero-order chi connectivity index (χ0) is 4.12. The molecule has 0 radical (unpaired) electrons. The molecule has 0 saturated heterocycles. The van der Waals surface area contributed by atoms with Crippen LogP contribution in [0.4, 0.5) is 0 Å². The third-order valence-electron chi connectivity index (χ3n) is 0.0707. The third-order valence-corrected chi connectivity index (χ3v) is 0.418. The molecular formula is C2H4AgN3. The van der Waals surface area contributed by atoms with Crippen LogP contribution in [0.3, 0.4) is 0 Å². The van der Waals surface area contributed by atoms with Gasteiger partial charge in [-0.1, -0.05) is 0 Å². The van der Waals surface area contributed by atoms with E-state index in [1.54, 1.807) is 8.57 Å². The van der Waals surface area contributed by atoms with Gasteiger partial charge in [-0.05, 0) is 0 Å². The summed E-state index contributed by atoms with van der Waals surface area (Å²) < 4.78 is 3.41. The van der Waals surface area contributed by atoms with Crippen molar-refractivity contribution in [1.29, 1.82) is 10.5 Å². The van der Waals surface area contributed by atoms with Crippen LogP contribution in [-0.2, 0) is 19.8 Å². The Morgan fingerprint density at radius 1 is 1.17 bits per heavy atom. The minimum absolute atomic E-state index is 0. The Balaban J connectivity index is 0. The van der Waals surface area contributed by atoms with Gasteiger partial charge in [-0.3, -0.25) is 0 Å². The molecule has 0 saturated carbocycles. The van der Waals surface area contributed by atoms with Crippen LogP contribution in [0.25, 0.3) is 0 Å². The summed E-state index contributed by atoms with van der Waals surface area (Å²) in [7, 11) is 0. The summed E-state index contributed by atoms with van der Waals surface area (Å²) in [5.74, 6) is 0. The van der Waals surface area contributed by atoms with E-state index in [2.05, 4.69) is 0 Å². The predicted octanol–water partition coefficient (Wildman–Crippen LogP) is -0.0746. The van der Waals surface area contributed by atoms with E-state index in [-0.39, 0.29) is 25.9 Å². The molecule has 0 bridgehead atoms. The van der Waals surface area contributed by atoms with E-state index in [0.717, 1.165) is 0 Å². The number of hydrogen-bond acceptors (Lipinski definition) is 3. The Morgan fingerprint density at radius 2 is 1.50 bits per heavy atom. The monoisotopic (exact) mass is 177 g/mol. The van der Waals surface area contributed by atoms with Crippen LogP contribution in [0, 0.1) is 19.1 Å². The van der Waals surface area contributed by atoms with Gasteiger partial charge in [-0.25, -0.2) is 0 Å². The molecule has 0 aliphatic rings. The minimum atomic E-state index is -0.344. The van der Waals surface area contributed by atoms with E-state index >= 15 is 0 Å². The Labute approximate surface area is 45.5 Å². The van der Waals surface area contributed by atoms with Gasteiger partial charge in [0.2, 0.25) is 0 Å². The Kier molecular flexibility index (Phi) is 13.5. The molecule has 0 unspecified atom stereocenters. The van der Waals surface area contributed by atoms with Gasteiger partial charge in [-0.15, -0.1) is 0 Å². The van der Waals surface area contributed by atoms with E-state index < -0.39 is 0 Å². The maximum absolute atomic E-state index is 7.62. The fourth-order valence-electron chi connectivity index (χ4n) is 0.0158. The van der Waals surface area contributed by atoms with E-state index in [0.29, 0.717) is 0 Å². The van der Waals surface area contributed by atoms with Gasteiger partial charge < -0.3 is 6.15 Å². The van der Waals surface area contributed by atoms with Gasteiger partial charge in [-0.2, -0.15) is 0 Å². The molecule has 0 aromatic heterocycles. The first-order valence-corrected chi connectivity index (χ1v) is 2.32. The number of nitriles is 2. The zero-order valence-electron chi connectivity index (χ0n) is 2.92. The first-order valence-electron chi connectivity index (χ1n) is 0.763. The molecule has 3 N–H and O–H groups in total. The van der Waals surface area contributed by atoms with Gasteiger partial charge in [0.25, 0.3) is 0 Å². The summed E-state index contributed by atoms with van der Waals surface area (Å²) in [6, 6.07) is 0. The van der Waals surface area contributed by atoms with Gasteiger partial charge in [0.1, 0.15) is 0 Å². The third kappa shape index (κ3) is 9.36. The molecule has 0 rings (SSSR count). The molecule has 0 aromatic carbocycles. The van der Waals surface area contributed by atoms with Crippen molar-refractivity contribution in [2.75, 3.05) is 0 Å². The van der Waals surface area contributed by atoms with Crippen LogP contribution >= 0.6 is 0 Å². The fourth-order valence-corrected chi connectivity index (χ4v) is 0.0935. The van der Waals surface area contributed by atoms with Crippen molar-refractivity contribution >= 4 is 0 Å². The molecule has 6 heavy (non-hydrogen) atoms. The molecule has 3 nitrogen and oxygen atoms in total. The summed E-state index contributed by atoms with van der Waals surface area (Å²) in [6.45, 7) is 0. The molecule has 0 aliphatic heterocycles. The van der Waals surface area contributed by atoms with Crippen molar-refractivity contribution in [3.05, 3.63) is 0 Å². The summed E-state index contributed by atoms with van der Waals surface area (Å²) in [5.41, 5.74) is 0. The zero-order valence-corrected chi connectivity index (χ0v) is 4.47. The van der Waals surface area contributed by atoms with Crippen LogP contribution in [0.5, 0.6) is 0 Å². The topological polar surface area (TPSA) is 82.6 Å². The summed E-state index contributed by atoms with van der Waals surface area (Å²) in [4.78, 5) is 0. The van der Waals surface area contributed by atoms with Crippen LogP contribution in [0.15, 0.2) is 0 Å². The average molecular weight is 178 g/mol. The normalized spacial score (nSPS) is 4.33. The standard InChI is InChI=1S/2CN.Ag.H3N.H/c2*1-2;;;/h;;;1H3;. The van der Waals surface area contributed by atoms with Crippen molar-refractivity contribution in [3.63, 3.8) is 0 Å².